The van der Waals surface area contributed by atoms with Gasteiger partial charge in [0.1, 0.15) is 5.82 Å². The summed E-state index contributed by atoms with van der Waals surface area (Å²) >= 11 is 0. The van der Waals surface area contributed by atoms with Gasteiger partial charge in [-0.2, -0.15) is 18.2 Å². The van der Waals surface area contributed by atoms with Crippen molar-refractivity contribution in [2.45, 2.75) is 52.0 Å². The van der Waals surface area contributed by atoms with Crippen LogP contribution in [-0.4, -0.2) is 39.0 Å². The number of ether oxygens (including phenoxy) is 1. The fourth-order valence-corrected chi connectivity index (χ4v) is 5.12. The summed E-state index contributed by atoms with van der Waals surface area (Å²) in [5.41, 5.74) is 2.48. The predicted octanol–water partition coefficient (Wildman–Crippen LogP) is 4.97. The van der Waals surface area contributed by atoms with Gasteiger partial charge in [0.05, 0.1) is 11.6 Å². The van der Waals surface area contributed by atoms with Crippen LogP contribution in [-0.2, 0) is 24.0 Å². The molecule has 0 unspecified atom stereocenters. The topological polar surface area (TPSA) is 54.7 Å². The molecule has 5 rings (SSSR count). The lowest BCUT2D eigenvalue weighted by molar-refractivity contribution is -0.138. The summed E-state index contributed by atoms with van der Waals surface area (Å²) in [6.07, 6.45) is 1.42. The minimum atomic E-state index is -4.38. The fraction of sp³-hybridized carbons (Fsp3) is 0.500. The Balaban J connectivity index is 1.43. The van der Waals surface area contributed by atoms with Gasteiger partial charge in [-0.05, 0) is 49.8 Å². The van der Waals surface area contributed by atoms with Crippen LogP contribution in [0.25, 0.3) is 5.78 Å². The van der Waals surface area contributed by atoms with Crippen LogP contribution in [0.2, 0.25) is 0 Å². The Morgan fingerprint density at radius 3 is 2.76 bits per heavy atom. The Morgan fingerprint density at radius 2 is 2.00 bits per heavy atom. The molecule has 9 heteroatoms. The minimum absolute atomic E-state index is 0.240. The zero-order chi connectivity index (χ0) is 23.2. The molecular formula is C24H28F3N5O. The van der Waals surface area contributed by atoms with Crippen LogP contribution in [0.1, 0.15) is 53.8 Å². The van der Waals surface area contributed by atoms with Crippen LogP contribution in [0, 0.1) is 12.8 Å². The van der Waals surface area contributed by atoms with E-state index in [-0.39, 0.29) is 11.6 Å². The number of nitrogens with one attached hydrogen (secondary N) is 1. The maximum Gasteiger partial charge on any atom is 0.416 e. The highest BCUT2D eigenvalue weighted by Crippen LogP contribution is 2.36. The summed E-state index contributed by atoms with van der Waals surface area (Å²) < 4.78 is 47.8. The molecule has 1 fully saturated rings. The van der Waals surface area contributed by atoms with Crippen LogP contribution in [0.4, 0.5) is 19.0 Å². The van der Waals surface area contributed by atoms with Crippen molar-refractivity contribution in [1.29, 1.82) is 0 Å². The molecule has 33 heavy (non-hydrogen) atoms. The van der Waals surface area contributed by atoms with E-state index >= 15 is 0 Å². The van der Waals surface area contributed by atoms with E-state index in [1.54, 1.807) is 12.3 Å². The first-order chi connectivity index (χ1) is 15.8. The lowest BCUT2D eigenvalue weighted by Gasteiger charge is -2.26. The molecule has 0 radical (unpaired) electrons. The monoisotopic (exact) mass is 459 g/mol. The lowest BCUT2D eigenvalue weighted by atomic mass is 9.97. The van der Waals surface area contributed by atoms with Gasteiger partial charge in [-0.15, -0.1) is 0 Å². The summed E-state index contributed by atoms with van der Waals surface area (Å²) in [6, 6.07) is 4.00. The molecule has 6 nitrogen and oxygen atoms in total. The number of hydrogen-bond donors (Lipinski definition) is 1. The van der Waals surface area contributed by atoms with Crippen LogP contribution >= 0.6 is 0 Å². The number of imidazole rings is 1. The highest BCUT2D eigenvalue weighted by molar-refractivity contribution is 5.55. The number of benzene rings is 1. The SMILES string of the molecule is Cc1c([C@@H](C)Nc2nc3nccn3c3c2CN(CC2CCOCC2)C3)cccc1C(F)(F)F. The average Bonchev–Trinajstić information content (AvgIpc) is 3.40. The molecule has 1 atom stereocenters. The second-order valence-corrected chi connectivity index (χ2v) is 9.09. The standard InChI is InChI=1S/C24H28F3N5O/c1-15-18(4-3-5-20(15)24(25,26)27)16(2)29-22-19-13-31(12-17-6-10-33-11-7-17)14-21(19)32-9-8-28-23(32)30-22/h3-5,8-9,16-17H,6-7,10-14H2,1-2H3,(H,28,29,30)/t16-/m1/s1. The molecule has 0 aliphatic carbocycles. The Labute approximate surface area is 190 Å². The van der Waals surface area contributed by atoms with E-state index in [0.717, 1.165) is 63.0 Å². The average molecular weight is 460 g/mol. The van der Waals surface area contributed by atoms with E-state index < -0.39 is 11.7 Å². The molecule has 1 N–H and O–H groups in total. The van der Waals surface area contributed by atoms with E-state index in [4.69, 9.17) is 9.72 Å². The summed E-state index contributed by atoms with van der Waals surface area (Å²) in [4.78, 5) is 11.5. The van der Waals surface area contributed by atoms with E-state index in [0.29, 0.717) is 23.1 Å². The van der Waals surface area contributed by atoms with Crippen molar-refractivity contribution >= 4 is 11.6 Å². The van der Waals surface area contributed by atoms with Crippen molar-refractivity contribution in [1.82, 2.24) is 19.3 Å². The van der Waals surface area contributed by atoms with E-state index in [2.05, 4.69) is 15.2 Å². The summed E-state index contributed by atoms with van der Waals surface area (Å²) in [7, 11) is 0. The zero-order valence-corrected chi connectivity index (χ0v) is 18.8. The van der Waals surface area contributed by atoms with Gasteiger partial charge in [-0.3, -0.25) is 9.30 Å². The van der Waals surface area contributed by atoms with Crippen molar-refractivity contribution in [2.24, 2.45) is 5.92 Å². The highest BCUT2D eigenvalue weighted by atomic mass is 19.4. The molecule has 4 heterocycles. The van der Waals surface area contributed by atoms with Crippen molar-refractivity contribution in [2.75, 3.05) is 25.1 Å². The van der Waals surface area contributed by atoms with E-state index in [1.807, 2.05) is 17.5 Å². The molecule has 3 aromatic rings. The van der Waals surface area contributed by atoms with Crippen molar-refractivity contribution < 1.29 is 17.9 Å². The number of alkyl halides is 3. The minimum Gasteiger partial charge on any atom is -0.381 e. The van der Waals surface area contributed by atoms with Gasteiger partial charge in [0.15, 0.2) is 0 Å². The number of rotatable bonds is 5. The first-order valence-corrected chi connectivity index (χ1v) is 11.4. The molecule has 1 aromatic carbocycles. The van der Waals surface area contributed by atoms with Crippen LogP contribution in [0.15, 0.2) is 30.6 Å². The second kappa shape index (κ2) is 8.61. The Bertz CT molecular complexity index is 1150. The maximum atomic E-state index is 13.4. The van der Waals surface area contributed by atoms with Gasteiger partial charge in [0, 0.05) is 56.5 Å². The van der Waals surface area contributed by atoms with Crippen LogP contribution < -0.4 is 5.32 Å². The quantitative estimate of drug-likeness (QED) is 0.584. The third-order valence-corrected chi connectivity index (χ3v) is 6.87. The molecule has 176 valence electrons. The number of fused-ring (bicyclic) bond motifs is 3. The molecule has 0 spiro atoms. The molecule has 1 saturated heterocycles. The number of halogens is 3. The number of anilines is 1. The molecule has 2 aliphatic heterocycles. The largest absolute Gasteiger partial charge is 0.416 e. The van der Waals surface area contributed by atoms with Gasteiger partial charge >= 0.3 is 6.18 Å². The highest BCUT2D eigenvalue weighted by Gasteiger charge is 2.34. The molecule has 2 aliphatic rings. The first-order valence-electron chi connectivity index (χ1n) is 11.4. The second-order valence-electron chi connectivity index (χ2n) is 9.09. The van der Waals surface area contributed by atoms with Crippen LogP contribution in [0.3, 0.4) is 0 Å². The Hall–Kier alpha value is -2.65. The number of aromatic nitrogens is 3. The predicted molar refractivity (Wildman–Crippen MR) is 119 cm³/mol. The summed E-state index contributed by atoms with van der Waals surface area (Å²) in [5, 5.41) is 3.41. The van der Waals surface area contributed by atoms with Gasteiger partial charge < -0.3 is 10.1 Å². The van der Waals surface area contributed by atoms with Gasteiger partial charge in [-0.25, -0.2) is 4.98 Å². The lowest BCUT2D eigenvalue weighted by Crippen LogP contribution is -2.29. The summed E-state index contributed by atoms with van der Waals surface area (Å²) in [6.45, 7) is 7.59. The first kappa shape index (κ1) is 22.2. The van der Waals surface area contributed by atoms with Gasteiger partial charge in [-0.1, -0.05) is 12.1 Å². The third kappa shape index (κ3) is 4.31. The molecular weight excluding hydrogens is 431 g/mol. The zero-order valence-electron chi connectivity index (χ0n) is 18.8. The smallest absolute Gasteiger partial charge is 0.381 e. The molecule has 0 amide bonds. The third-order valence-electron chi connectivity index (χ3n) is 6.87. The van der Waals surface area contributed by atoms with E-state index in [9.17, 15) is 13.2 Å². The van der Waals surface area contributed by atoms with Gasteiger partial charge in [0.2, 0.25) is 5.78 Å². The van der Waals surface area contributed by atoms with Crippen molar-refractivity contribution in [3.05, 3.63) is 58.5 Å². The molecule has 2 aromatic heterocycles. The van der Waals surface area contributed by atoms with Crippen molar-refractivity contribution in [3.63, 3.8) is 0 Å². The van der Waals surface area contributed by atoms with Crippen molar-refractivity contribution in [3.8, 4) is 0 Å². The molecule has 0 saturated carbocycles. The van der Waals surface area contributed by atoms with E-state index in [1.165, 1.54) is 13.0 Å². The summed E-state index contributed by atoms with van der Waals surface area (Å²) in [5.74, 6) is 1.90. The normalized spacial score (nSPS) is 18.6. The molecule has 0 bridgehead atoms. The number of nitrogens with zero attached hydrogens (tertiary/aromatic N) is 4. The Kier molecular flexibility index (Phi) is 5.78. The van der Waals surface area contributed by atoms with Crippen LogP contribution in [0.5, 0.6) is 0 Å². The number of hydrogen-bond acceptors (Lipinski definition) is 5. The van der Waals surface area contributed by atoms with Gasteiger partial charge in [0.25, 0.3) is 0 Å². The fourth-order valence-electron chi connectivity index (χ4n) is 5.12. The maximum absolute atomic E-state index is 13.4. The Morgan fingerprint density at radius 1 is 1.21 bits per heavy atom.